The van der Waals surface area contributed by atoms with Crippen molar-refractivity contribution in [3.8, 4) is 0 Å². The average molecular weight is 903 g/mol. The molecule has 5 heterocycles. The summed E-state index contributed by atoms with van der Waals surface area (Å²) < 4.78 is 49.7. The molecule has 10 N–H and O–H groups in total. The van der Waals surface area contributed by atoms with Crippen molar-refractivity contribution in [2.45, 2.75) is 209 Å². The van der Waals surface area contributed by atoms with E-state index in [1.807, 2.05) is 0 Å². The van der Waals surface area contributed by atoms with Gasteiger partial charge in [-0.1, -0.05) is 27.7 Å². The fourth-order valence-electron chi connectivity index (χ4n) is 14.7. The summed E-state index contributed by atoms with van der Waals surface area (Å²) in [6, 6.07) is 0. The first kappa shape index (κ1) is 47.4. The third kappa shape index (κ3) is 7.79. The Bertz CT molecular complexity index is 1580. The van der Waals surface area contributed by atoms with Gasteiger partial charge in [-0.25, -0.2) is 0 Å². The van der Waals surface area contributed by atoms with Crippen molar-refractivity contribution in [1.29, 1.82) is 0 Å². The van der Waals surface area contributed by atoms with E-state index in [1.54, 1.807) is 0 Å². The minimum atomic E-state index is -1.86. The molecule has 18 nitrogen and oxygen atoms in total. The van der Waals surface area contributed by atoms with Gasteiger partial charge in [0.1, 0.15) is 67.1 Å². The molecule has 0 bridgehead atoms. The van der Waals surface area contributed by atoms with Gasteiger partial charge in [0.2, 0.25) is 0 Å². The lowest BCUT2D eigenvalue weighted by molar-refractivity contribution is -0.393. The Hall–Kier alpha value is -0.720. The highest BCUT2D eigenvalue weighted by Gasteiger charge is 2.69. The number of aliphatic hydroxyl groups is 10. The van der Waals surface area contributed by atoms with Gasteiger partial charge in [0.25, 0.3) is 0 Å². The number of fused-ring (bicyclic) bond motifs is 7. The number of aliphatic hydroxyl groups excluding tert-OH is 10. The predicted molar refractivity (Wildman–Crippen MR) is 216 cm³/mol. The van der Waals surface area contributed by atoms with Gasteiger partial charge in [0, 0.05) is 12.3 Å². The van der Waals surface area contributed by atoms with Gasteiger partial charge in [-0.3, -0.25) is 0 Å². The molecule has 0 aromatic carbocycles. The van der Waals surface area contributed by atoms with Gasteiger partial charge in [0.15, 0.2) is 24.7 Å². The Morgan fingerprint density at radius 1 is 0.603 bits per heavy atom. The van der Waals surface area contributed by atoms with Crippen LogP contribution >= 0.6 is 0 Å². The molecule has 0 radical (unpaired) electrons. The highest BCUT2D eigenvalue weighted by Crippen LogP contribution is 2.71. The molecule has 1 spiro atoms. The summed E-state index contributed by atoms with van der Waals surface area (Å²) in [6.07, 6.45) is -17.1. The molecule has 5 aliphatic heterocycles. The second-order valence-corrected chi connectivity index (χ2v) is 21.7. The molecular weight excluding hydrogens is 828 g/mol. The average Bonchev–Trinajstić information content (AvgIpc) is 3.70. The van der Waals surface area contributed by atoms with Crippen molar-refractivity contribution < 1.29 is 89.0 Å². The van der Waals surface area contributed by atoms with Gasteiger partial charge >= 0.3 is 0 Å². The summed E-state index contributed by atoms with van der Waals surface area (Å²) in [6.45, 7) is 10.2. The monoisotopic (exact) mass is 902 g/mol. The molecule has 362 valence electrons. The van der Waals surface area contributed by atoms with Crippen molar-refractivity contribution in [2.24, 2.45) is 52.3 Å². The third-order valence-corrected chi connectivity index (χ3v) is 18.3. The van der Waals surface area contributed by atoms with Crippen molar-refractivity contribution in [3.05, 3.63) is 0 Å². The lowest BCUT2D eigenvalue weighted by Gasteiger charge is -2.62. The van der Waals surface area contributed by atoms with E-state index >= 15 is 0 Å². The molecule has 18 heteroatoms. The maximum absolute atomic E-state index is 12.1. The maximum Gasteiger partial charge on any atom is 0.187 e. The molecular formula is C45H74O18. The van der Waals surface area contributed by atoms with Crippen LogP contribution in [-0.2, 0) is 37.9 Å². The predicted octanol–water partition coefficient (Wildman–Crippen LogP) is -0.735. The van der Waals surface area contributed by atoms with Crippen LogP contribution in [0.1, 0.15) is 92.4 Å². The first-order chi connectivity index (χ1) is 29.8. The van der Waals surface area contributed by atoms with Crippen molar-refractivity contribution in [2.75, 3.05) is 19.8 Å². The largest absolute Gasteiger partial charge is 0.394 e. The van der Waals surface area contributed by atoms with Crippen LogP contribution in [0.25, 0.3) is 0 Å². The zero-order valence-corrected chi connectivity index (χ0v) is 37.2. The van der Waals surface area contributed by atoms with Crippen LogP contribution in [0.3, 0.4) is 0 Å². The number of hydrogen-bond donors (Lipinski definition) is 10. The summed E-state index contributed by atoms with van der Waals surface area (Å²) in [5, 5.41) is 108. The van der Waals surface area contributed by atoms with Crippen molar-refractivity contribution in [3.63, 3.8) is 0 Å². The fraction of sp³-hybridized carbons (Fsp3) is 1.00. The first-order valence-corrected chi connectivity index (χ1v) is 23.8. The summed E-state index contributed by atoms with van der Waals surface area (Å²) in [5.74, 6) is 2.42. The van der Waals surface area contributed by atoms with E-state index in [9.17, 15) is 51.1 Å². The number of hydrogen-bond acceptors (Lipinski definition) is 18. The minimum Gasteiger partial charge on any atom is -0.394 e. The Kier molecular flexibility index (Phi) is 13.3. The zero-order valence-electron chi connectivity index (χ0n) is 37.2. The molecule has 63 heavy (non-hydrogen) atoms. The number of rotatable bonds is 8. The third-order valence-electron chi connectivity index (χ3n) is 18.3. The van der Waals surface area contributed by atoms with Crippen LogP contribution in [-0.4, -0.2) is 187 Å². The van der Waals surface area contributed by atoms with E-state index in [0.29, 0.717) is 48.3 Å². The molecule has 4 aliphatic carbocycles. The van der Waals surface area contributed by atoms with Gasteiger partial charge in [-0.05, 0) is 105 Å². The maximum atomic E-state index is 12.1. The van der Waals surface area contributed by atoms with E-state index in [1.165, 1.54) is 6.92 Å². The quantitative estimate of drug-likeness (QED) is 0.134. The highest BCUT2D eigenvalue weighted by molar-refractivity contribution is 5.16. The molecule has 5 saturated heterocycles. The topological polar surface area (TPSA) is 276 Å². The van der Waals surface area contributed by atoms with E-state index in [2.05, 4.69) is 27.7 Å². The molecule has 28 atom stereocenters. The van der Waals surface area contributed by atoms with Crippen LogP contribution in [0.15, 0.2) is 0 Å². The molecule has 4 saturated carbocycles. The van der Waals surface area contributed by atoms with E-state index in [-0.39, 0.29) is 22.9 Å². The molecule has 9 fully saturated rings. The molecule has 9 rings (SSSR count). The van der Waals surface area contributed by atoms with Gasteiger partial charge in [0.05, 0.1) is 44.2 Å². The van der Waals surface area contributed by atoms with Gasteiger partial charge in [-0.2, -0.15) is 0 Å². The van der Waals surface area contributed by atoms with Gasteiger partial charge < -0.3 is 89.0 Å². The van der Waals surface area contributed by atoms with Crippen LogP contribution in [0.4, 0.5) is 0 Å². The van der Waals surface area contributed by atoms with Crippen LogP contribution in [0.5, 0.6) is 0 Å². The Morgan fingerprint density at radius 3 is 1.95 bits per heavy atom. The second-order valence-electron chi connectivity index (χ2n) is 21.7. The fourth-order valence-corrected chi connectivity index (χ4v) is 14.7. The summed E-state index contributed by atoms with van der Waals surface area (Å²) in [4.78, 5) is 0. The molecule has 0 aromatic heterocycles. The van der Waals surface area contributed by atoms with E-state index in [0.717, 1.165) is 51.6 Å². The number of ether oxygens (including phenoxy) is 8. The Morgan fingerprint density at radius 2 is 1.27 bits per heavy atom. The molecule has 0 aromatic rings. The smallest absolute Gasteiger partial charge is 0.187 e. The van der Waals surface area contributed by atoms with Crippen molar-refractivity contribution in [1.82, 2.24) is 0 Å². The van der Waals surface area contributed by atoms with Crippen molar-refractivity contribution >= 4 is 0 Å². The molecule has 0 amide bonds. The minimum absolute atomic E-state index is 0.143. The standard InChI is InChI=1S/C45H74O18/c1-18-8-11-45(56-17-18)19(2)30-27(63-45)13-24-22-7-6-21-12-26(25(48)14-44(21,5)23(22)9-10-43(24,30)4)58-42-39(62-41-36(54)34(52)32(50)28(15-46)59-41)37(55)38(29(16-47)60-42)61-40-35(53)33(51)31(49)20(3)57-40/h18-42,46-55H,6-17H2,1-5H3/t18-,19?,20-,21-,22?,23?,24?,25+,26+,27?,28+,29+,30?,31-,32+,33+,34-,35+,36+,37-,38+,39+,40-,41-,42+,43-,44-,45+/m0/s1. The SMILES string of the molecule is CC1C2C(CC3C4CC[C@H]5C[C@@H](O[C@@H]6O[C@H](CO)[C@@H](O[C@@H]7O[C@@H](C)[C@H](O)[C@@H](O)[C@H]7O)[C@H](O)[C@H]6O[C@@H]6O[C@H](CO)[C@@H](O)[C@H](O)[C@H]6O)[C@H](O)C[C@]5(C)C4CC[C@@]32C)O[C@]12CC[C@H](C)CO2. The highest BCUT2D eigenvalue weighted by atomic mass is 16.8. The summed E-state index contributed by atoms with van der Waals surface area (Å²) in [5.41, 5.74) is -0.0386. The van der Waals surface area contributed by atoms with Crippen LogP contribution in [0.2, 0.25) is 0 Å². The Balaban J connectivity index is 0.919. The normalized spacial score (nSPS) is 59.4. The lowest BCUT2D eigenvalue weighted by atomic mass is 9.44. The van der Waals surface area contributed by atoms with Crippen LogP contribution in [0, 0.1) is 52.3 Å². The van der Waals surface area contributed by atoms with Gasteiger partial charge in [-0.15, -0.1) is 0 Å². The van der Waals surface area contributed by atoms with E-state index < -0.39 is 123 Å². The zero-order chi connectivity index (χ0) is 45.1. The second kappa shape index (κ2) is 17.7. The summed E-state index contributed by atoms with van der Waals surface area (Å²) in [7, 11) is 0. The van der Waals surface area contributed by atoms with E-state index in [4.69, 9.17) is 37.9 Å². The summed E-state index contributed by atoms with van der Waals surface area (Å²) >= 11 is 0. The molecule has 9 aliphatic rings. The molecule has 6 unspecified atom stereocenters. The van der Waals surface area contributed by atoms with Crippen LogP contribution < -0.4 is 0 Å². The lowest BCUT2D eigenvalue weighted by Crippen LogP contribution is -2.67. The Labute approximate surface area is 369 Å². The first-order valence-electron chi connectivity index (χ1n) is 23.8.